The van der Waals surface area contributed by atoms with Crippen molar-refractivity contribution >= 4 is 50.9 Å². The molecule has 2 nitrogen and oxygen atoms in total. The van der Waals surface area contributed by atoms with Gasteiger partial charge in [0.25, 0.3) is 0 Å². The molecule has 0 fully saturated rings. The first kappa shape index (κ1) is 19.1. The van der Waals surface area contributed by atoms with Crippen molar-refractivity contribution in [3.05, 3.63) is 63.1 Å². The highest BCUT2D eigenvalue weighted by molar-refractivity contribution is 9.10. The number of anilines is 1. The fraction of sp³-hybridized carbons (Fsp3) is 0.188. The molecule has 128 valence electrons. The Bertz CT molecular complexity index is 740. The summed E-state index contributed by atoms with van der Waals surface area (Å²) in [5.41, 5.74) is -0.240. The third-order valence-electron chi connectivity index (χ3n) is 3.01. The first-order valence-corrected chi connectivity index (χ1v) is 9.07. The van der Waals surface area contributed by atoms with Crippen LogP contribution in [-0.4, -0.2) is 11.7 Å². The number of amides is 1. The molecule has 0 bridgehead atoms. The van der Waals surface area contributed by atoms with Gasteiger partial charge in [-0.2, -0.15) is 13.2 Å². The van der Waals surface area contributed by atoms with Crippen molar-refractivity contribution in [1.29, 1.82) is 0 Å². The highest BCUT2D eigenvalue weighted by Crippen LogP contribution is 2.36. The van der Waals surface area contributed by atoms with Crippen LogP contribution in [0.3, 0.4) is 0 Å². The highest BCUT2D eigenvalue weighted by Gasteiger charge is 2.34. The van der Waals surface area contributed by atoms with Gasteiger partial charge in [-0.1, -0.05) is 45.7 Å². The molecule has 0 unspecified atom stereocenters. The predicted molar refractivity (Wildman–Crippen MR) is 95.4 cm³/mol. The van der Waals surface area contributed by atoms with Gasteiger partial charge in [-0.25, -0.2) is 0 Å². The third kappa shape index (κ3) is 5.43. The van der Waals surface area contributed by atoms with Crippen LogP contribution in [0.1, 0.15) is 11.1 Å². The number of nitrogens with one attached hydrogen (secondary N) is 1. The van der Waals surface area contributed by atoms with E-state index in [0.29, 0.717) is 5.75 Å². The molecule has 24 heavy (non-hydrogen) atoms. The monoisotopic (exact) mass is 437 g/mol. The summed E-state index contributed by atoms with van der Waals surface area (Å²) >= 11 is 10.3. The van der Waals surface area contributed by atoms with Gasteiger partial charge in [0, 0.05) is 15.2 Å². The average Bonchev–Trinajstić information content (AvgIpc) is 2.50. The smallest absolute Gasteiger partial charge is 0.325 e. The zero-order valence-corrected chi connectivity index (χ0v) is 15.3. The summed E-state index contributed by atoms with van der Waals surface area (Å²) in [5.74, 6) is 0.114. The van der Waals surface area contributed by atoms with Gasteiger partial charge in [0.2, 0.25) is 5.91 Å². The summed E-state index contributed by atoms with van der Waals surface area (Å²) in [5, 5.41) is 2.26. The zero-order chi connectivity index (χ0) is 17.7. The summed E-state index contributed by atoms with van der Waals surface area (Å²) in [6.45, 7) is 0. The number of halogens is 5. The number of hydrogen-bond donors (Lipinski definition) is 1. The van der Waals surface area contributed by atoms with E-state index in [1.165, 1.54) is 17.8 Å². The molecule has 0 spiro atoms. The lowest BCUT2D eigenvalue weighted by Gasteiger charge is -2.14. The van der Waals surface area contributed by atoms with E-state index in [0.717, 1.165) is 22.2 Å². The molecular formula is C16H12BrClF3NOS. The Morgan fingerprint density at radius 1 is 1.21 bits per heavy atom. The van der Waals surface area contributed by atoms with Gasteiger partial charge in [0.15, 0.2) is 0 Å². The van der Waals surface area contributed by atoms with Crippen LogP contribution in [0.25, 0.3) is 0 Å². The lowest BCUT2D eigenvalue weighted by molar-refractivity contribution is -0.137. The topological polar surface area (TPSA) is 29.1 Å². The molecule has 1 amide bonds. The van der Waals surface area contributed by atoms with Crippen molar-refractivity contribution in [1.82, 2.24) is 0 Å². The van der Waals surface area contributed by atoms with E-state index in [-0.39, 0.29) is 16.5 Å². The minimum Gasteiger partial charge on any atom is -0.325 e. The lowest BCUT2D eigenvalue weighted by atomic mass is 10.1. The Hall–Kier alpha value is -1.18. The Morgan fingerprint density at radius 2 is 1.92 bits per heavy atom. The van der Waals surface area contributed by atoms with Crippen molar-refractivity contribution in [2.24, 2.45) is 0 Å². The van der Waals surface area contributed by atoms with E-state index in [9.17, 15) is 18.0 Å². The molecule has 0 radical (unpaired) electrons. The Balaban J connectivity index is 1.97. The molecule has 2 aromatic rings. The number of thioether (sulfide) groups is 1. The fourth-order valence-electron chi connectivity index (χ4n) is 1.92. The van der Waals surface area contributed by atoms with Gasteiger partial charge in [-0.15, -0.1) is 11.8 Å². The van der Waals surface area contributed by atoms with E-state index < -0.39 is 17.6 Å². The van der Waals surface area contributed by atoms with Crippen LogP contribution < -0.4 is 5.32 Å². The maximum absolute atomic E-state index is 13.0. The first-order valence-electron chi connectivity index (χ1n) is 6.75. The number of alkyl halides is 3. The highest BCUT2D eigenvalue weighted by atomic mass is 79.9. The molecule has 1 N–H and O–H groups in total. The molecular weight excluding hydrogens is 427 g/mol. The molecule has 2 rings (SSSR count). The third-order valence-corrected chi connectivity index (χ3v) is 5.00. The van der Waals surface area contributed by atoms with Crippen LogP contribution in [0.2, 0.25) is 5.02 Å². The summed E-state index contributed by atoms with van der Waals surface area (Å²) < 4.78 is 39.9. The molecule has 2 aromatic carbocycles. The number of carbonyl (C=O) groups is 1. The van der Waals surface area contributed by atoms with Gasteiger partial charge in [-0.3, -0.25) is 4.79 Å². The second-order valence-electron chi connectivity index (χ2n) is 4.82. The maximum Gasteiger partial charge on any atom is 0.418 e. The molecule has 0 saturated carbocycles. The van der Waals surface area contributed by atoms with Crippen LogP contribution in [-0.2, 0) is 16.7 Å². The van der Waals surface area contributed by atoms with E-state index >= 15 is 0 Å². The summed E-state index contributed by atoms with van der Waals surface area (Å²) in [6.07, 6.45) is -4.59. The van der Waals surface area contributed by atoms with Crippen molar-refractivity contribution < 1.29 is 18.0 Å². The van der Waals surface area contributed by atoms with E-state index in [1.54, 1.807) is 0 Å². The van der Waals surface area contributed by atoms with Crippen LogP contribution in [0.4, 0.5) is 18.9 Å². The molecule has 0 atom stereocenters. The van der Waals surface area contributed by atoms with E-state index in [1.807, 2.05) is 24.3 Å². The Morgan fingerprint density at radius 3 is 2.58 bits per heavy atom. The normalized spacial score (nSPS) is 11.4. The zero-order valence-electron chi connectivity index (χ0n) is 12.2. The standard InChI is InChI=1S/C16H12BrClF3NOS/c17-13-4-2-1-3-10(13)8-24-9-15(23)22-14-6-5-11(18)7-12(14)16(19,20)21/h1-7H,8-9H2,(H,22,23). The van der Waals surface area contributed by atoms with Crippen LogP contribution in [0.5, 0.6) is 0 Å². The summed E-state index contributed by atoms with van der Waals surface area (Å²) in [6, 6.07) is 10.8. The van der Waals surface area contributed by atoms with Crippen molar-refractivity contribution in [2.45, 2.75) is 11.9 Å². The molecule has 0 heterocycles. The minimum absolute atomic E-state index is 0.0383. The lowest BCUT2D eigenvalue weighted by Crippen LogP contribution is -2.18. The number of hydrogen-bond acceptors (Lipinski definition) is 2. The number of carbonyl (C=O) groups excluding carboxylic acids is 1. The molecule has 8 heteroatoms. The van der Waals surface area contributed by atoms with Gasteiger partial charge in [0.1, 0.15) is 0 Å². The maximum atomic E-state index is 13.0. The van der Waals surface area contributed by atoms with Gasteiger partial charge in [0.05, 0.1) is 17.0 Å². The molecule has 0 aliphatic heterocycles. The molecule has 0 saturated heterocycles. The second kappa shape index (κ2) is 8.27. The number of benzene rings is 2. The first-order chi connectivity index (χ1) is 11.3. The summed E-state index contributed by atoms with van der Waals surface area (Å²) in [4.78, 5) is 11.9. The van der Waals surface area contributed by atoms with Gasteiger partial charge in [-0.05, 0) is 29.8 Å². The van der Waals surface area contributed by atoms with Gasteiger partial charge >= 0.3 is 6.18 Å². The quantitative estimate of drug-likeness (QED) is 0.621. The van der Waals surface area contributed by atoms with E-state index in [2.05, 4.69) is 21.2 Å². The molecule has 0 aliphatic rings. The van der Waals surface area contributed by atoms with Crippen molar-refractivity contribution in [3.8, 4) is 0 Å². The average molecular weight is 439 g/mol. The predicted octanol–water partition coefficient (Wildman–Crippen LogP) is 5.99. The Labute approximate surface area is 154 Å². The largest absolute Gasteiger partial charge is 0.418 e. The molecule has 0 aromatic heterocycles. The number of rotatable bonds is 5. The molecule has 0 aliphatic carbocycles. The van der Waals surface area contributed by atoms with Crippen molar-refractivity contribution in [3.63, 3.8) is 0 Å². The SMILES string of the molecule is O=C(CSCc1ccccc1Br)Nc1ccc(Cl)cc1C(F)(F)F. The van der Waals surface area contributed by atoms with Gasteiger partial charge < -0.3 is 5.32 Å². The second-order valence-corrected chi connectivity index (χ2v) is 7.10. The van der Waals surface area contributed by atoms with Crippen molar-refractivity contribution in [2.75, 3.05) is 11.1 Å². The van der Waals surface area contributed by atoms with Crippen LogP contribution in [0, 0.1) is 0 Å². The minimum atomic E-state index is -4.59. The van der Waals surface area contributed by atoms with Crippen LogP contribution >= 0.6 is 39.3 Å². The fourth-order valence-corrected chi connectivity index (χ4v) is 3.53. The Kier molecular flexibility index (Phi) is 6.60. The van der Waals surface area contributed by atoms with E-state index in [4.69, 9.17) is 11.6 Å². The van der Waals surface area contributed by atoms with Crippen LogP contribution in [0.15, 0.2) is 46.9 Å². The summed E-state index contributed by atoms with van der Waals surface area (Å²) in [7, 11) is 0.